The van der Waals surface area contributed by atoms with E-state index in [4.69, 9.17) is 4.74 Å². The highest BCUT2D eigenvalue weighted by atomic mass is 32.2. The number of hydrogen-bond donors (Lipinski definition) is 1. The Kier molecular flexibility index (Phi) is 7.85. The second kappa shape index (κ2) is 9.14. The smallest absolute Gasteiger partial charge is 0.119 e. The molecule has 0 saturated heterocycles. The zero-order valence-corrected chi connectivity index (χ0v) is 13.8. The lowest BCUT2D eigenvalue weighted by Crippen LogP contribution is -2.21. The van der Waals surface area contributed by atoms with Crippen LogP contribution in [0.4, 0.5) is 0 Å². The van der Waals surface area contributed by atoms with Gasteiger partial charge in [-0.15, -0.1) is 0 Å². The third kappa shape index (κ3) is 7.06. The topological polar surface area (TPSA) is 38.3 Å². The number of hydrogen-bond acceptors (Lipinski definition) is 3. The predicted octanol–water partition coefficient (Wildman–Crippen LogP) is 3.14. The Hall–Kier alpha value is -0.870. The van der Waals surface area contributed by atoms with Gasteiger partial charge in [0.15, 0.2) is 0 Å². The first kappa shape index (κ1) is 17.2. The molecule has 3 nitrogen and oxygen atoms in total. The Morgan fingerprint density at radius 3 is 2.40 bits per heavy atom. The van der Waals surface area contributed by atoms with E-state index in [2.05, 4.69) is 38.2 Å². The van der Waals surface area contributed by atoms with Crippen molar-refractivity contribution in [3.05, 3.63) is 29.8 Å². The van der Waals surface area contributed by atoms with Gasteiger partial charge in [-0.25, -0.2) is 0 Å². The molecule has 1 rings (SSSR count). The van der Waals surface area contributed by atoms with Crippen molar-refractivity contribution < 1.29 is 8.95 Å². The summed E-state index contributed by atoms with van der Waals surface area (Å²) in [5, 5.41) is 3.45. The fourth-order valence-electron chi connectivity index (χ4n) is 1.83. The van der Waals surface area contributed by atoms with E-state index >= 15 is 0 Å². The van der Waals surface area contributed by atoms with E-state index < -0.39 is 10.8 Å². The van der Waals surface area contributed by atoms with Crippen molar-refractivity contribution in [2.24, 2.45) is 5.92 Å². The zero-order valence-electron chi connectivity index (χ0n) is 13.0. The maximum absolute atomic E-state index is 11.0. The summed E-state index contributed by atoms with van der Waals surface area (Å²) in [5.41, 5.74) is 1.25. The summed E-state index contributed by atoms with van der Waals surface area (Å²) in [4.78, 5) is 0. The Balaban J connectivity index is 2.37. The summed E-state index contributed by atoms with van der Waals surface area (Å²) in [7, 11) is -0.691. The Labute approximate surface area is 125 Å². The molecule has 0 fully saturated rings. The van der Waals surface area contributed by atoms with Crippen molar-refractivity contribution in [2.45, 2.75) is 33.2 Å². The van der Waals surface area contributed by atoms with Crippen molar-refractivity contribution in [1.82, 2.24) is 5.32 Å². The fraction of sp³-hybridized carbons (Fsp3) is 0.625. The molecule has 1 N–H and O–H groups in total. The van der Waals surface area contributed by atoms with Gasteiger partial charge in [-0.3, -0.25) is 4.21 Å². The first-order chi connectivity index (χ1) is 9.49. The van der Waals surface area contributed by atoms with E-state index in [1.165, 1.54) is 5.56 Å². The van der Waals surface area contributed by atoms with Gasteiger partial charge in [0.25, 0.3) is 0 Å². The molecule has 0 aromatic heterocycles. The Bertz CT molecular complexity index is 403. The monoisotopic (exact) mass is 297 g/mol. The molecular formula is C16H27NO2S. The molecule has 0 amide bonds. The molecule has 0 heterocycles. The lowest BCUT2D eigenvalue weighted by Gasteiger charge is -2.15. The lowest BCUT2D eigenvalue weighted by molar-refractivity contribution is 0.271. The normalized spacial score (nSPS) is 14.2. The van der Waals surface area contributed by atoms with Crippen molar-refractivity contribution in [3.63, 3.8) is 0 Å². The lowest BCUT2D eigenvalue weighted by atomic mass is 10.1. The summed E-state index contributed by atoms with van der Waals surface area (Å²) in [6, 6.07) is 8.56. The molecule has 2 unspecified atom stereocenters. The molecule has 0 radical (unpaired) electrons. The molecule has 0 aliphatic rings. The number of nitrogens with one attached hydrogen (secondary N) is 1. The minimum atomic E-state index is -0.691. The van der Waals surface area contributed by atoms with Gasteiger partial charge in [0.2, 0.25) is 0 Å². The number of rotatable bonds is 9. The van der Waals surface area contributed by atoms with Crippen LogP contribution in [0, 0.1) is 5.92 Å². The van der Waals surface area contributed by atoms with Crippen molar-refractivity contribution in [1.29, 1.82) is 0 Å². The largest absolute Gasteiger partial charge is 0.493 e. The third-order valence-electron chi connectivity index (χ3n) is 3.02. The van der Waals surface area contributed by atoms with Crippen LogP contribution in [0.3, 0.4) is 0 Å². The van der Waals surface area contributed by atoms with E-state index in [9.17, 15) is 4.21 Å². The van der Waals surface area contributed by atoms with Crippen LogP contribution in [-0.2, 0) is 10.8 Å². The minimum Gasteiger partial charge on any atom is -0.493 e. The molecule has 0 spiro atoms. The second-order valence-corrected chi connectivity index (χ2v) is 7.14. The van der Waals surface area contributed by atoms with E-state index in [1.54, 1.807) is 6.26 Å². The highest BCUT2D eigenvalue weighted by Crippen LogP contribution is 2.18. The molecule has 0 bridgehead atoms. The van der Waals surface area contributed by atoms with E-state index in [0.29, 0.717) is 12.0 Å². The third-order valence-corrected chi connectivity index (χ3v) is 3.89. The van der Waals surface area contributed by atoms with Crippen LogP contribution in [0.2, 0.25) is 0 Å². The zero-order chi connectivity index (χ0) is 15.0. The van der Waals surface area contributed by atoms with E-state index in [-0.39, 0.29) is 0 Å². The van der Waals surface area contributed by atoms with Gasteiger partial charge < -0.3 is 10.1 Å². The first-order valence-electron chi connectivity index (χ1n) is 7.25. The van der Waals surface area contributed by atoms with E-state index in [1.807, 2.05) is 12.1 Å². The fourth-order valence-corrected chi connectivity index (χ4v) is 2.38. The molecule has 2 atom stereocenters. The van der Waals surface area contributed by atoms with Gasteiger partial charge in [0.05, 0.1) is 6.61 Å². The van der Waals surface area contributed by atoms with Crippen LogP contribution in [0.5, 0.6) is 5.75 Å². The maximum atomic E-state index is 11.0. The SMILES string of the molecule is CC(C)COc1ccc(C(C)NCCCS(C)=O)cc1. The summed E-state index contributed by atoms with van der Waals surface area (Å²) in [6.07, 6.45) is 2.70. The van der Waals surface area contributed by atoms with Crippen molar-refractivity contribution in [2.75, 3.05) is 25.2 Å². The Morgan fingerprint density at radius 1 is 1.20 bits per heavy atom. The minimum absolute atomic E-state index is 0.305. The molecule has 4 heteroatoms. The maximum Gasteiger partial charge on any atom is 0.119 e. The van der Waals surface area contributed by atoms with Crippen LogP contribution in [-0.4, -0.2) is 29.4 Å². The van der Waals surface area contributed by atoms with Gasteiger partial charge in [-0.1, -0.05) is 26.0 Å². The van der Waals surface area contributed by atoms with E-state index in [0.717, 1.165) is 31.1 Å². The predicted molar refractivity (Wildman–Crippen MR) is 86.7 cm³/mol. The molecule has 114 valence electrons. The van der Waals surface area contributed by atoms with Crippen LogP contribution in [0.1, 0.15) is 38.8 Å². The summed E-state index contributed by atoms with van der Waals surface area (Å²) in [6.45, 7) is 8.08. The summed E-state index contributed by atoms with van der Waals surface area (Å²) < 4.78 is 16.6. The molecule has 1 aromatic carbocycles. The van der Waals surface area contributed by atoms with Gasteiger partial charge in [0, 0.05) is 28.9 Å². The summed E-state index contributed by atoms with van der Waals surface area (Å²) >= 11 is 0. The Morgan fingerprint density at radius 2 is 1.85 bits per heavy atom. The molecular weight excluding hydrogens is 270 g/mol. The van der Waals surface area contributed by atoms with Crippen molar-refractivity contribution >= 4 is 10.8 Å². The number of ether oxygens (including phenoxy) is 1. The standard InChI is InChI=1S/C16H27NO2S/c1-13(2)12-19-16-8-6-15(7-9-16)14(3)17-10-5-11-20(4)18/h6-9,13-14,17H,5,10-12H2,1-4H3. The first-order valence-corrected chi connectivity index (χ1v) is 8.98. The number of benzene rings is 1. The molecule has 20 heavy (non-hydrogen) atoms. The van der Waals surface area contributed by atoms with Gasteiger partial charge >= 0.3 is 0 Å². The quantitative estimate of drug-likeness (QED) is 0.712. The molecule has 1 aromatic rings. The second-order valence-electron chi connectivity index (χ2n) is 5.58. The molecule has 0 aliphatic heterocycles. The van der Waals surface area contributed by atoms with Gasteiger partial charge in [0.1, 0.15) is 5.75 Å². The van der Waals surface area contributed by atoms with Gasteiger partial charge in [-0.2, -0.15) is 0 Å². The molecule has 0 saturated carbocycles. The van der Waals surface area contributed by atoms with Crippen LogP contribution >= 0.6 is 0 Å². The average Bonchev–Trinajstić information content (AvgIpc) is 2.41. The average molecular weight is 297 g/mol. The van der Waals surface area contributed by atoms with Gasteiger partial charge in [-0.05, 0) is 43.5 Å². The van der Waals surface area contributed by atoms with Crippen LogP contribution in [0.15, 0.2) is 24.3 Å². The summed E-state index contributed by atoms with van der Waals surface area (Å²) in [5.74, 6) is 2.23. The van der Waals surface area contributed by atoms with Crippen LogP contribution in [0.25, 0.3) is 0 Å². The van der Waals surface area contributed by atoms with Crippen LogP contribution < -0.4 is 10.1 Å². The highest BCUT2D eigenvalue weighted by Gasteiger charge is 2.05. The molecule has 0 aliphatic carbocycles. The van der Waals surface area contributed by atoms with Crippen molar-refractivity contribution in [3.8, 4) is 5.75 Å². The highest BCUT2D eigenvalue weighted by molar-refractivity contribution is 7.84.